The van der Waals surface area contributed by atoms with Gasteiger partial charge in [-0.05, 0) is 50.1 Å². The summed E-state index contributed by atoms with van der Waals surface area (Å²) in [6.07, 6.45) is 6.10. The third-order valence-electron chi connectivity index (χ3n) is 8.74. The molecule has 0 spiro atoms. The Kier molecular flexibility index (Phi) is 10.8. The maximum atomic E-state index is 15.0. The summed E-state index contributed by atoms with van der Waals surface area (Å²) in [6.45, 7) is 2.17. The lowest BCUT2D eigenvalue weighted by Crippen LogP contribution is -2.62. The molecule has 15 heteroatoms. The van der Waals surface area contributed by atoms with Crippen LogP contribution in [0, 0.1) is 37.2 Å². The van der Waals surface area contributed by atoms with Gasteiger partial charge in [-0.25, -0.2) is 32.8 Å². The molecule has 0 bridgehead atoms. The van der Waals surface area contributed by atoms with Crippen LogP contribution in [0.25, 0.3) is 0 Å². The number of nitrogens with one attached hydrogen (secondary N) is 1. The monoisotopic (exact) mass is 717 g/mol. The molecule has 1 aromatic heterocycles. The predicted octanol–water partition coefficient (Wildman–Crippen LogP) is 5.54. The number of nitrogens with zero attached hydrogens (tertiary/aromatic N) is 4. The quantitative estimate of drug-likeness (QED) is 0.102. The number of anilines is 1. The molecule has 52 heavy (non-hydrogen) atoms. The van der Waals surface area contributed by atoms with E-state index in [4.69, 9.17) is 24.7 Å². The summed E-state index contributed by atoms with van der Waals surface area (Å²) in [6, 6.07) is 15.4. The number of halogens is 3. The summed E-state index contributed by atoms with van der Waals surface area (Å²) in [7, 11) is 0. The van der Waals surface area contributed by atoms with Crippen molar-refractivity contribution in [3.05, 3.63) is 137 Å². The van der Waals surface area contributed by atoms with E-state index in [1.807, 2.05) is 18.2 Å². The molecular weight excluding hydrogens is 683 g/mol. The number of rotatable bonds is 11. The summed E-state index contributed by atoms with van der Waals surface area (Å²) in [5, 5.41) is 20.8. The molecule has 270 valence electrons. The first-order valence-corrected chi connectivity index (χ1v) is 16.2. The first-order chi connectivity index (χ1) is 24.9. The van der Waals surface area contributed by atoms with Crippen LogP contribution >= 0.6 is 0 Å². The number of aromatic nitrogens is 2. The van der Waals surface area contributed by atoms with Crippen LogP contribution in [-0.4, -0.2) is 50.3 Å². The van der Waals surface area contributed by atoms with Gasteiger partial charge in [0, 0.05) is 46.3 Å². The zero-order valence-corrected chi connectivity index (χ0v) is 28.0. The van der Waals surface area contributed by atoms with Gasteiger partial charge in [0.2, 0.25) is 12.0 Å². The van der Waals surface area contributed by atoms with E-state index >= 15 is 0 Å². The van der Waals surface area contributed by atoms with Crippen LogP contribution in [-0.2, 0) is 33.1 Å². The van der Waals surface area contributed by atoms with Crippen LogP contribution in [0.1, 0.15) is 34.5 Å². The fourth-order valence-electron chi connectivity index (χ4n) is 6.52. The van der Waals surface area contributed by atoms with Crippen molar-refractivity contribution in [2.75, 3.05) is 11.4 Å². The molecule has 6 rings (SSSR count). The Morgan fingerprint density at radius 3 is 2.44 bits per heavy atom. The second-order valence-corrected chi connectivity index (χ2v) is 12.2. The summed E-state index contributed by atoms with van der Waals surface area (Å²) >= 11 is 0. The Morgan fingerprint density at radius 1 is 1.02 bits per heavy atom. The van der Waals surface area contributed by atoms with Crippen LogP contribution in [0.2, 0.25) is 0 Å². The van der Waals surface area contributed by atoms with E-state index in [1.54, 1.807) is 62.4 Å². The van der Waals surface area contributed by atoms with Crippen molar-refractivity contribution in [2.24, 2.45) is 5.92 Å². The molecule has 3 aromatic carbocycles. The molecule has 3 N–H and O–H groups in total. The first kappa shape index (κ1) is 36.3. The van der Waals surface area contributed by atoms with Crippen molar-refractivity contribution in [1.82, 2.24) is 20.7 Å². The highest BCUT2D eigenvalue weighted by atomic mass is 19.1. The molecule has 3 atom stereocenters. The molecule has 1 amide bonds. The molecule has 1 aliphatic carbocycles. The molecule has 12 nitrogen and oxygen atoms in total. The maximum Gasteiger partial charge on any atom is 0.355 e. The highest BCUT2D eigenvalue weighted by Gasteiger charge is 2.55. The lowest BCUT2D eigenvalue weighted by molar-refractivity contribution is -0.497. The van der Waals surface area contributed by atoms with Gasteiger partial charge in [-0.2, -0.15) is 0 Å². The van der Waals surface area contributed by atoms with E-state index in [-0.39, 0.29) is 24.1 Å². The highest BCUT2D eigenvalue weighted by molar-refractivity contribution is 5.97. The van der Waals surface area contributed by atoms with E-state index in [1.165, 1.54) is 17.0 Å². The average Bonchev–Trinajstić information content (AvgIpc) is 3.22. The number of hydrogen-bond donors (Lipinski definition) is 3. The molecular formula is C37H34F3N5O7. The molecule has 1 unspecified atom stereocenters. The van der Waals surface area contributed by atoms with Gasteiger partial charge < -0.3 is 14.4 Å². The van der Waals surface area contributed by atoms with Crippen molar-refractivity contribution in [2.45, 2.75) is 45.1 Å². The van der Waals surface area contributed by atoms with Crippen molar-refractivity contribution >= 4 is 17.6 Å². The Morgan fingerprint density at radius 2 is 1.75 bits per heavy atom. The molecule has 0 saturated carbocycles. The van der Waals surface area contributed by atoms with E-state index < -0.39 is 70.9 Å². The second kappa shape index (κ2) is 15.4. The summed E-state index contributed by atoms with van der Waals surface area (Å²) in [5.74, 6) is -5.49. The van der Waals surface area contributed by atoms with Crippen molar-refractivity contribution in [3.8, 4) is 11.8 Å². The number of hydrogen-bond acceptors (Lipinski definition) is 11. The summed E-state index contributed by atoms with van der Waals surface area (Å²) in [5.41, 5.74) is -0.0490. The standard InChI is InChI=1S/C37H34F3N5O7/c1-22-15-23(2)43-36(42-22)52-34(35(47)51-27-12-8-9-24(16-27)21-50-45(48)49)37(25-10-4-3-5-11-25)29-13-6-7-14-32(29)44(33(46)19-41-37)20-28-30(39)17-26(38)18-31(28)40/h3-10,12-18,25,34,41,48-49H,11,19-21H2,1-2H3/t25?,34-,37+/m1/s1. The minimum absolute atomic E-state index is 0.0552. The van der Waals surface area contributed by atoms with E-state index in [9.17, 15) is 22.8 Å². The number of allylic oxidation sites excluding steroid dienone is 3. The number of para-hydroxylation sites is 1. The zero-order valence-electron chi connectivity index (χ0n) is 28.0. The third-order valence-corrected chi connectivity index (χ3v) is 8.74. The molecule has 2 aliphatic rings. The molecule has 0 saturated heterocycles. The van der Waals surface area contributed by atoms with Crippen LogP contribution in [0.15, 0.2) is 91.0 Å². The lowest BCUT2D eigenvalue weighted by Gasteiger charge is -2.44. The number of ether oxygens (including phenoxy) is 2. The van der Waals surface area contributed by atoms with Gasteiger partial charge in [0.25, 0.3) is 0 Å². The van der Waals surface area contributed by atoms with Crippen LogP contribution in [0.3, 0.4) is 0 Å². The van der Waals surface area contributed by atoms with E-state index in [0.717, 1.165) is 0 Å². The second-order valence-electron chi connectivity index (χ2n) is 12.2. The molecule has 2 heterocycles. The fourth-order valence-corrected chi connectivity index (χ4v) is 6.52. The zero-order chi connectivity index (χ0) is 37.0. The van der Waals surface area contributed by atoms with Crippen LogP contribution in [0.5, 0.6) is 11.8 Å². The Hall–Kier alpha value is -5.45. The van der Waals surface area contributed by atoms with Gasteiger partial charge in [-0.1, -0.05) is 54.6 Å². The fraction of sp³-hybridized carbons (Fsp3) is 0.243. The molecule has 0 radical (unpaired) electrons. The Labute approximate surface area is 296 Å². The number of carbonyl (C=O) groups excluding carboxylic acids is 2. The van der Waals surface area contributed by atoms with Gasteiger partial charge in [0.05, 0.1) is 25.1 Å². The van der Waals surface area contributed by atoms with Gasteiger partial charge in [-0.3, -0.25) is 20.5 Å². The van der Waals surface area contributed by atoms with Crippen molar-refractivity contribution < 1.29 is 47.5 Å². The van der Waals surface area contributed by atoms with Crippen LogP contribution in [0.4, 0.5) is 18.9 Å². The number of benzene rings is 3. The lowest BCUT2D eigenvalue weighted by atomic mass is 9.70. The minimum atomic E-state index is -1.62. The predicted molar refractivity (Wildman–Crippen MR) is 178 cm³/mol. The summed E-state index contributed by atoms with van der Waals surface area (Å²) < 4.78 is 56.2. The van der Waals surface area contributed by atoms with Gasteiger partial charge in [0.1, 0.15) is 28.7 Å². The SMILES string of the molecule is Cc1cc(C)nc(O[C@H](C(=O)Oc2cccc(CON(O)O)c2)[C@@]2(C3C=CC=CC3)NCC(=O)N(Cc3c(F)cc(F)cc3F)c3ccccc32)n1. The van der Waals surface area contributed by atoms with Gasteiger partial charge >= 0.3 is 12.0 Å². The Balaban J connectivity index is 1.51. The van der Waals surface area contributed by atoms with Crippen molar-refractivity contribution in [3.63, 3.8) is 0 Å². The summed E-state index contributed by atoms with van der Waals surface area (Å²) in [4.78, 5) is 43.4. The van der Waals surface area contributed by atoms with Gasteiger partial charge in [-0.15, -0.1) is 0 Å². The molecule has 0 fully saturated rings. The number of amides is 1. The first-order valence-electron chi connectivity index (χ1n) is 16.2. The minimum Gasteiger partial charge on any atom is -0.446 e. The van der Waals surface area contributed by atoms with Crippen molar-refractivity contribution in [1.29, 1.82) is 0 Å². The van der Waals surface area contributed by atoms with E-state index in [2.05, 4.69) is 15.3 Å². The molecule has 1 aliphatic heterocycles. The number of fused-ring (bicyclic) bond motifs is 1. The van der Waals surface area contributed by atoms with Crippen LogP contribution < -0.4 is 19.7 Å². The number of esters is 1. The normalized spacial score (nSPS) is 19.0. The smallest absolute Gasteiger partial charge is 0.355 e. The average molecular weight is 718 g/mol. The number of aryl methyl sites for hydroxylation is 2. The number of carbonyl (C=O) groups is 2. The maximum absolute atomic E-state index is 15.0. The Bertz CT molecular complexity index is 2000. The topological polar surface area (TPSA) is 147 Å². The largest absolute Gasteiger partial charge is 0.446 e. The van der Waals surface area contributed by atoms with E-state index in [0.29, 0.717) is 41.1 Å². The molecule has 4 aromatic rings. The highest BCUT2D eigenvalue weighted by Crippen LogP contribution is 2.45. The third kappa shape index (κ3) is 7.73. The van der Waals surface area contributed by atoms with Gasteiger partial charge in [0.15, 0.2) is 0 Å².